The summed E-state index contributed by atoms with van der Waals surface area (Å²) in [4.78, 5) is 28.2. The monoisotopic (exact) mass is 408 g/mol. The van der Waals surface area contributed by atoms with Crippen LogP contribution in [0.1, 0.15) is 25.7 Å². The van der Waals surface area contributed by atoms with Crippen molar-refractivity contribution in [2.45, 2.75) is 31.8 Å². The summed E-state index contributed by atoms with van der Waals surface area (Å²) in [5.74, 6) is -0.846. The van der Waals surface area contributed by atoms with Crippen LogP contribution in [0.2, 0.25) is 0 Å². The Kier molecular flexibility index (Phi) is 5.99. The molecule has 3 aliphatic rings. The number of fused-ring (bicyclic) bond motifs is 1. The minimum Gasteiger partial charge on any atom is -0.490 e. The maximum absolute atomic E-state index is 13.7. The lowest BCUT2D eigenvalue weighted by Crippen LogP contribution is -2.54. The topological polar surface area (TPSA) is 59.1 Å². The average molecular weight is 408 g/mol. The third-order valence-electron chi connectivity index (χ3n) is 6.14. The number of ketones is 1. The molecule has 0 radical (unpaired) electrons. The molecular weight excluding hydrogens is 382 g/mol. The fraction of sp³-hybridized carbons (Fsp3) is 0.619. The van der Waals surface area contributed by atoms with Gasteiger partial charge in [0.05, 0.1) is 12.7 Å². The number of rotatable bonds is 3. The zero-order valence-electron chi connectivity index (χ0n) is 16.3. The molecule has 0 unspecified atom stereocenters. The predicted octanol–water partition coefficient (Wildman–Crippen LogP) is 2.86. The number of likely N-dealkylation sites (tertiary alicyclic amines) is 2. The van der Waals surface area contributed by atoms with Crippen molar-refractivity contribution < 1.29 is 27.8 Å². The number of carbonyl (C=O) groups is 2. The van der Waals surface area contributed by atoms with Crippen LogP contribution in [-0.4, -0.2) is 67.1 Å². The largest absolute Gasteiger partial charge is 0.490 e. The van der Waals surface area contributed by atoms with E-state index < -0.39 is 11.6 Å². The molecule has 0 aromatic heterocycles. The molecule has 0 spiro atoms. The number of urea groups is 1. The summed E-state index contributed by atoms with van der Waals surface area (Å²) in [7, 11) is 0. The zero-order valence-corrected chi connectivity index (χ0v) is 16.3. The quantitative estimate of drug-likeness (QED) is 0.772. The number of hydrogen-bond acceptors (Lipinski definition) is 4. The predicted molar refractivity (Wildman–Crippen MR) is 101 cm³/mol. The van der Waals surface area contributed by atoms with Gasteiger partial charge in [-0.05, 0) is 37.3 Å². The number of amides is 2. The van der Waals surface area contributed by atoms with Gasteiger partial charge in [0.25, 0.3) is 0 Å². The lowest BCUT2D eigenvalue weighted by atomic mass is 9.88. The Labute approximate surface area is 168 Å². The first-order valence-electron chi connectivity index (χ1n) is 10.2. The number of Topliss-reactive ketones (excluding diaryl/α,β-unsaturated/α-hetero) is 1. The molecule has 0 aliphatic carbocycles. The molecule has 29 heavy (non-hydrogen) atoms. The third kappa shape index (κ3) is 4.69. The summed E-state index contributed by atoms with van der Waals surface area (Å²) in [6.07, 6.45) is 2.91. The van der Waals surface area contributed by atoms with Crippen LogP contribution in [0, 0.1) is 23.5 Å². The van der Waals surface area contributed by atoms with Gasteiger partial charge in [-0.15, -0.1) is 0 Å². The number of halogens is 2. The molecule has 3 saturated heterocycles. The fourth-order valence-electron chi connectivity index (χ4n) is 4.44. The molecular formula is C21H26F2N2O4. The molecule has 6 nitrogen and oxygen atoms in total. The molecule has 1 aromatic rings. The van der Waals surface area contributed by atoms with Crippen molar-refractivity contribution in [2.75, 3.05) is 39.4 Å². The Morgan fingerprint density at radius 1 is 1.14 bits per heavy atom. The number of benzene rings is 1. The van der Waals surface area contributed by atoms with E-state index >= 15 is 0 Å². The van der Waals surface area contributed by atoms with Crippen LogP contribution in [0.25, 0.3) is 0 Å². The smallest absolute Gasteiger partial charge is 0.320 e. The Morgan fingerprint density at radius 2 is 1.90 bits per heavy atom. The minimum atomic E-state index is -0.703. The van der Waals surface area contributed by atoms with E-state index in [9.17, 15) is 18.4 Å². The minimum absolute atomic E-state index is 0.0189. The summed E-state index contributed by atoms with van der Waals surface area (Å²) in [5, 5.41) is 0. The van der Waals surface area contributed by atoms with Crippen molar-refractivity contribution >= 4 is 11.8 Å². The molecule has 4 rings (SSSR count). The van der Waals surface area contributed by atoms with Crippen LogP contribution in [-0.2, 0) is 9.53 Å². The number of piperidine rings is 2. The highest BCUT2D eigenvalue weighted by molar-refractivity contribution is 5.81. The highest BCUT2D eigenvalue weighted by atomic mass is 19.1. The second-order valence-corrected chi connectivity index (χ2v) is 8.19. The number of hydrogen-bond donors (Lipinski definition) is 0. The van der Waals surface area contributed by atoms with Gasteiger partial charge in [-0.25, -0.2) is 13.6 Å². The highest BCUT2D eigenvalue weighted by Gasteiger charge is 2.38. The number of nitrogens with zero attached hydrogens (tertiary/aromatic N) is 2. The Balaban J connectivity index is 1.24. The van der Waals surface area contributed by atoms with Crippen LogP contribution >= 0.6 is 0 Å². The van der Waals surface area contributed by atoms with E-state index in [1.807, 2.05) is 9.80 Å². The maximum atomic E-state index is 13.7. The summed E-state index contributed by atoms with van der Waals surface area (Å²) in [5.41, 5.74) is 0. The zero-order chi connectivity index (χ0) is 20.4. The number of ether oxygens (including phenoxy) is 2. The highest BCUT2D eigenvalue weighted by Crippen LogP contribution is 2.28. The first kappa shape index (κ1) is 20.1. The first-order chi connectivity index (χ1) is 14.0. The van der Waals surface area contributed by atoms with Gasteiger partial charge in [-0.2, -0.15) is 0 Å². The average Bonchev–Trinajstić information content (AvgIpc) is 2.72. The van der Waals surface area contributed by atoms with Gasteiger partial charge in [0.2, 0.25) is 0 Å². The van der Waals surface area contributed by atoms with E-state index in [1.165, 1.54) is 12.1 Å². The van der Waals surface area contributed by atoms with E-state index in [0.717, 1.165) is 25.3 Å². The van der Waals surface area contributed by atoms with Crippen molar-refractivity contribution in [3.63, 3.8) is 0 Å². The Morgan fingerprint density at radius 3 is 2.66 bits per heavy atom. The second-order valence-electron chi connectivity index (χ2n) is 8.19. The molecule has 0 saturated carbocycles. The Bertz CT molecular complexity index is 767. The molecule has 2 amide bonds. The third-order valence-corrected chi connectivity index (χ3v) is 6.14. The van der Waals surface area contributed by atoms with Crippen LogP contribution < -0.4 is 4.74 Å². The van der Waals surface area contributed by atoms with Crippen molar-refractivity contribution in [1.29, 1.82) is 0 Å². The van der Waals surface area contributed by atoms with Gasteiger partial charge >= 0.3 is 6.03 Å². The lowest BCUT2D eigenvalue weighted by molar-refractivity contribution is -0.140. The molecule has 3 heterocycles. The summed E-state index contributed by atoms with van der Waals surface area (Å²) < 4.78 is 37.7. The van der Waals surface area contributed by atoms with E-state index in [4.69, 9.17) is 9.47 Å². The van der Waals surface area contributed by atoms with E-state index in [-0.39, 0.29) is 42.1 Å². The normalized spacial score (nSPS) is 25.7. The molecule has 3 aliphatic heterocycles. The van der Waals surface area contributed by atoms with Gasteiger partial charge in [0.1, 0.15) is 12.4 Å². The van der Waals surface area contributed by atoms with E-state index in [2.05, 4.69) is 0 Å². The first-order valence-corrected chi connectivity index (χ1v) is 10.2. The Hall–Kier alpha value is -2.22. The van der Waals surface area contributed by atoms with Crippen LogP contribution in [0.3, 0.4) is 0 Å². The standard InChI is InChI=1S/C21H26F2N2O4/c22-16-1-2-20(18(23)10-16)28-12-14-3-6-24(7-4-14)21(27)25-8-5-19-15(11-25)9-17(26)13-29-19/h1-2,10,14-15,19H,3-9,11-13H2/t15-,19+/m1/s1. The molecule has 1 aromatic carbocycles. The SMILES string of the molecule is O=C1CO[C@H]2CCN(C(=O)N3CCC(COc4ccc(F)cc4F)CC3)C[C@H]2C1. The summed E-state index contributed by atoms with van der Waals surface area (Å²) in [6, 6.07) is 3.30. The number of carbonyl (C=O) groups excluding carboxylic acids is 2. The van der Waals surface area contributed by atoms with E-state index in [1.54, 1.807) is 0 Å². The van der Waals surface area contributed by atoms with Crippen LogP contribution in [0.5, 0.6) is 5.75 Å². The molecule has 3 fully saturated rings. The van der Waals surface area contributed by atoms with Gasteiger partial charge in [-0.1, -0.05) is 0 Å². The van der Waals surface area contributed by atoms with Gasteiger partial charge in [0, 0.05) is 44.6 Å². The van der Waals surface area contributed by atoms with Crippen molar-refractivity contribution in [3.8, 4) is 5.75 Å². The van der Waals surface area contributed by atoms with Gasteiger partial charge < -0.3 is 19.3 Å². The molecule has 0 N–H and O–H groups in total. The second kappa shape index (κ2) is 8.65. The lowest BCUT2D eigenvalue weighted by Gasteiger charge is -2.43. The molecule has 158 valence electrons. The van der Waals surface area contributed by atoms with Crippen LogP contribution in [0.15, 0.2) is 18.2 Å². The van der Waals surface area contributed by atoms with Crippen LogP contribution in [0.4, 0.5) is 13.6 Å². The van der Waals surface area contributed by atoms with Gasteiger partial charge in [0.15, 0.2) is 17.3 Å². The molecule has 8 heteroatoms. The van der Waals surface area contributed by atoms with Crippen molar-refractivity contribution in [3.05, 3.63) is 29.8 Å². The van der Waals surface area contributed by atoms with Crippen molar-refractivity contribution in [1.82, 2.24) is 9.80 Å². The van der Waals surface area contributed by atoms with Gasteiger partial charge in [-0.3, -0.25) is 4.79 Å². The van der Waals surface area contributed by atoms with E-state index in [0.29, 0.717) is 39.2 Å². The summed E-state index contributed by atoms with van der Waals surface area (Å²) in [6.45, 7) is 3.02. The fourth-order valence-corrected chi connectivity index (χ4v) is 4.44. The molecule has 2 atom stereocenters. The summed E-state index contributed by atoms with van der Waals surface area (Å²) >= 11 is 0. The van der Waals surface area contributed by atoms with Crippen molar-refractivity contribution in [2.24, 2.45) is 11.8 Å². The maximum Gasteiger partial charge on any atom is 0.320 e. The molecule has 0 bridgehead atoms.